The van der Waals surface area contributed by atoms with Gasteiger partial charge in [-0.05, 0) is 64.8 Å². The Hall–Kier alpha value is -0.120. The molecule has 3 heteroatoms. The standard InChI is InChI=1S/C14H29N3/c15-14(13-17-10-5-2-6-11-17)7-12-16-8-3-1-4-9-16/h14H,1-13,15H2/t14-/m1/s1. The summed E-state index contributed by atoms with van der Waals surface area (Å²) in [7, 11) is 0. The molecule has 0 aliphatic carbocycles. The highest BCUT2D eigenvalue weighted by Crippen LogP contribution is 2.11. The summed E-state index contributed by atoms with van der Waals surface area (Å²) in [5.41, 5.74) is 6.25. The highest BCUT2D eigenvalue weighted by molar-refractivity contribution is 4.74. The van der Waals surface area contributed by atoms with Crippen LogP contribution in [0.4, 0.5) is 0 Å². The molecule has 2 aliphatic heterocycles. The fourth-order valence-corrected chi connectivity index (χ4v) is 3.10. The van der Waals surface area contributed by atoms with Gasteiger partial charge >= 0.3 is 0 Å². The average molecular weight is 239 g/mol. The predicted octanol–water partition coefficient (Wildman–Crippen LogP) is 1.68. The van der Waals surface area contributed by atoms with Crippen LogP contribution in [0.3, 0.4) is 0 Å². The van der Waals surface area contributed by atoms with Crippen molar-refractivity contribution in [2.24, 2.45) is 5.73 Å². The number of piperidine rings is 2. The molecule has 2 fully saturated rings. The average Bonchev–Trinajstić information content (AvgIpc) is 2.39. The normalized spacial score (nSPS) is 25.9. The number of hydrogen-bond acceptors (Lipinski definition) is 3. The molecule has 1 atom stereocenters. The lowest BCUT2D eigenvalue weighted by Crippen LogP contribution is -2.42. The van der Waals surface area contributed by atoms with E-state index in [0.29, 0.717) is 6.04 Å². The molecular weight excluding hydrogens is 210 g/mol. The van der Waals surface area contributed by atoms with Gasteiger partial charge in [-0.3, -0.25) is 0 Å². The van der Waals surface area contributed by atoms with E-state index in [2.05, 4.69) is 9.80 Å². The van der Waals surface area contributed by atoms with Crippen LogP contribution in [-0.2, 0) is 0 Å². The van der Waals surface area contributed by atoms with Gasteiger partial charge in [-0.1, -0.05) is 12.8 Å². The van der Waals surface area contributed by atoms with Gasteiger partial charge in [0.25, 0.3) is 0 Å². The van der Waals surface area contributed by atoms with Crippen LogP contribution in [0.15, 0.2) is 0 Å². The molecule has 2 aliphatic rings. The summed E-state index contributed by atoms with van der Waals surface area (Å²) < 4.78 is 0. The van der Waals surface area contributed by atoms with Crippen LogP contribution < -0.4 is 5.73 Å². The van der Waals surface area contributed by atoms with Crippen LogP contribution in [0, 0.1) is 0 Å². The van der Waals surface area contributed by atoms with Gasteiger partial charge in [-0.15, -0.1) is 0 Å². The lowest BCUT2D eigenvalue weighted by Gasteiger charge is -2.31. The molecule has 2 rings (SSSR count). The summed E-state index contributed by atoms with van der Waals surface area (Å²) in [6.45, 7) is 7.49. The highest BCUT2D eigenvalue weighted by atomic mass is 15.1. The van der Waals surface area contributed by atoms with Gasteiger partial charge in [-0.2, -0.15) is 0 Å². The first kappa shape index (κ1) is 13.3. The third-order valence-electron chi connectivity index (χ3n) is 4.21. The van der Waals surface area contributed by atoms with E-state index < -0.39 is 0 Å². The Bertz CT molecular complexity index is 196. The van der Waals surface area contributed by atoms with Gasteiger partial charge in [0.1, 0.15) is 0 Å². The zero-order valence-corrected chi connectivity index (χ0v) is 11.2. The van der Waals surface area contributed by atoms with Crippen molar-refractivity contribution >= 4 is 0 Å². The van der Waals surface area contributed by atoms with Gasteiger partial charge < -0.3 is 15.5 Å². The predicted molar refractivity (Wildman–Crippen MR) is 73.2 cm³/mol. The van der Waals surface area contributed by atoms with E-state index >= 15 is 0 Å². The first-order valence-electron chi connectivity index (χ1n) is 7.55. The molecule has 0 aromatic heterocycles. The highest BCUT2D eigenvalue weighted by Gasteiger charge is 2.15. The zero-order chi connectivity index (χ0) is 11.9. The third kappa shape index (κ3) is 4.94. The lowest BCUT2D eigenvalue weighted by atomic mass is 10.1. The maximum Gasteiger partial charge on any atom is 0.0180 e. The van der Waals surface area contributed by atoms with E-state index in [0.717, 1.165) is 6.54 Å². The molecule has 0 saturated carbocycles. The molecule has 2 saturated heterocycles. The first-order chi connectivity index (χ1) is 8.34. The molecule has 2 heterocycles. The molecule has 0 aromatic rings. The number of nitrogens with zero attached hydrogens (tertiary/aromatic N) is 2. The summed E-state index contributed by atoms with van der Waals surface area (Å²) in [6, 6.07) is 0.384. The van der Waals surface area contributed by atoms with E-state index in [1.165, 1.54) is 77.7 Å². The monoisotopic (exact) mass is 239 g/mol. The molecule has 0 bridgehead atoms. The van der Waals surface area contributed by atoms with Crippen molar-refractivity contribution in [3.8, 4) is 0 Å². The molecule has 0 radical (unpaired) electrons. The number of rotatable bonds is 5. The smallest absolute Gasteiger partial charge is 0.0180 e. The van der Waals surface area contributed by atoms with Crippen LogP contribution in [-0.4, -0.2) is 55.1 Å². The molecule has 0 spiro atoms. The minimum atomic E-state index is 0.384. The van der Waals surface area contributed by atoms with Gasteiger partial charge in [-0.25, -0.2) is 0 Å². The third-order valence-corrected chi connectivity index (χ3v) is 4.21. The van der Waals surface area contributed by atoms with Crippen molar-refractivity contribution in [1.29, 1.82) is 0 Å². The maximum absolute atomic E-state index is 6.25. The summed E-state index contributed by atoms with van der Waals surface area (Å²) in [5, 5.41) is 0. The largest absolute Gasteiger partial charge is 0.326 e. The Morgan fingerprint density at radius 2 is 1.29 bits per heavy atom. The van der Waals surface area contributed by atoms with E-state index in [9.17, 15) is 0 Å². The van der Waals surface area contributed by atoms with Gasteiger partial charge in [0.2, 0.25) is 0 Å². The van der Waals surface area contributed by atoms with Crippen molar-refractivity contribution in [1.82, 2.24) is 9.80 Å². The first-order valence-corrected chi connectivity index (χ1v) is 7.55. The SMILES string of the molecule is N[C@H](CCN1CCCCC1)CN1CCCCC1. The Morgan fingerprint density at radius 1 is 0.765 bits per heavy atom. The second-order valence-corrected chi connectivity index (χ2v) is 5.81. The van der Waals surface area contributed by atoms with E-state index in [1.54, 1.807) is 0 Å². The molecule has 2 N–H and O–H groups in total. The number of likely N-dealkylation sites (tertiary alicyclic amines) is 2. The van der Waals surface area contributed by atoms with Crippen LogP contribution in [0.2, 0.25) is 0 Å². The van der Waals surface area contributed by atoms with Crippen LogP contribution in [0.25, 0.3) is 0 Å². The summed E-state index contributed by atoms with van der Waals surface area (Å²) in [6.07, 6.45) is 9.55. The van der Waals surface area contributed by atoms with Crippen molar-refractivity contribution in [3.63, 3.8) is 0 Å². The Morgan fingerprint density at radius 3 is 1.88 bits per heavy atom. The van der Waals surface area contributed by atoms with Crippen LogP contribution >= 0.6 is 0 Å². The quantitative estimate of drug-likeness (QED) is 0.792. The molecule has 17 heavy (non-hydrogen) atoms. The fraction of sp³-hybridized carbons (Fsp3) is 1.00. The lowest BCUT2D eigenvalue weighted by molar-refractivity contribution is 0.190. The minimum Gasteiger partial charge on any atom is -0.326 e. The van der Waals surface area contributed by atoms with E-state index in [-0.39, 0.29) is 0 Å². The number of nitrogens with two attached hydrogens (primary N) is 1. The van der Waals surface area contributed by atoms with Crippen LogP contribution in [0.1, 0.15) is 44.9 Å². The molecule has 0 aromatic carbocycles. The van der Waals surface area contributed by atoms with E-state index in [4.69, 9.17) is 5.73 Å². The summed E-state index contributed by atoms with van der Waals surface area (Å²) in [4.78, 5) is 5.16. The number of hydrogen-bond donors (Lipinski definition) is 1. The maximum atomic E-state index is 6.25. The van der Waals surface area contributed by atoms with E-state index in [1.807, 2.05) is 0 Å². The molecular formula is C14H29N3. The van der Waals surface area contributed by atoms with Crippen molar-refractivity contribution in [2.75, 3.05) is 39.3 Å². The molecule has 100 valence electrons. The van der Waals surface area contributed by atoms with Crippen molar-refractivity contribution < 1.29 is 0 Å². The van der Waals surface area contributed by atoms with Crippen LogP contribution in [0.5, 0.6) is 0 Å². The Labute approximate surface area is 106 Å². The van der Waals surface area contributed by atoms with Gasteiger partial charge in [0, 0.05) is 12.6 Å². The molecule has 0 unspecified atom stereocenters. The second-order valence-electron chi connectivity index (χ2n) is 5.81. The zero-order valence-electron chi connectivity index (χ0n) is 11.2. The molecule has 0 amide bonds. The minimum absolute atomic E-state index is 0.384. The van der Waals surface area contributed by atoms with Gasteiger partial charge in [0.15, 0.2) is 0 Å². The second kappa shape index (κ2) is 7.34. The van der Waals surface area contributed by atoms with Crippen molar-refractivity contribution in [3.05, 3.63) is 0 Å². The Balaban J connectivity index is 1.57. The summed E-state index contributed by atoms with van der Waals surface area (Å²) >= 11 is 0. The summed E-state index contributed by atoms with van der Waals surface area (Å²) in [5.74, 6) is 0. The van der Waals surface area contributed by atoms with Gasteiger partial charge in [0.05, 0.1) is 0 Å². The topological polar surface area (TPSA) is 32.5 Å². The Kier molecular flexibility index (Phi) is 5.75. The van der Waals surface area contributed by atoms with Crippen molar-refractivity contribution in [2.45, 2.75) is 51.0 Å². The fourth-order valence-electron chi connectivity index (χ4n) is 3.10. The molecule has 3 nitrogen and oxygen atoms in total.